The molecule has 0 aliphatic carbocycles. The van der Waals surface area contributed by atoms with E-state index < -0.39 is 0 Å². The molecule has 28 heavy (non-hydrogen) atoms. The third-order valence-corrected chi connectivity index (χ3v) is 6.71. The first kappa shape index (κ1) is 19.3. The van der Waals surface area contributed by atoms with Crippen LogP contribution in [0, 0.1) is 0 Å². The Morgan fingerprint density at radius 2 is 1.96 bits per heavy atom. The summed E-state index contributed by atoms with van der Waals surface area (Å²) >= 11 is 7.79. The topological polar surface area (TPSA) is 50.9 Å². The van der Waals surface area contributed by atoms with Crippen LogP contribution in [-0.2, 0) is 11.3 Å². The van der Waals surface area contributed by atoms with Gasteiger partial charge in [-0.1, -0.05) is 29.8 Å². The van der Waals surface area contributed by atoms with Crippen molar-refractivity contribution in [3.63, 3.8) is 0 Å². The van der Waals surface area contributed by atoms with Crippen molar-refractivity contribution in [2.24, 2.45) is 0 Å². The zero-order valence-corrected chi connectivity index (χ0v) is 17.4. The van der Waals surface area contributed by atoms with Crippen molar-refractivity contribution in [1.29, 1.82) is 0 Å². The quantitative estimate of drug-likeness (QED) is 0.586. The van der Waals surface area contributed by atoms with E-state index in [0.29, 0.717) is 5.02 Å². The number of nitrogens with one attached hydrogen (secondary N) is 3. The van der Waals surface area contributed by atoms with Gasteiger partial charge in [0.05, 0.1) is 10.2 Å². The van der Waals surface area contributed by atoms with Crippen LogP contribution < -0.4 is 15.1 Å². The first-order chi connectivity index (χ1) is 13.6. The number of halogens is 1. The molecule has 3 N–H and O–H groups in total. The summed E-state index contributed by atoms with van der Waals surface area (Å²) in [6, 6.07) is 15.5. The number of quaternary nitrogens is 2. The van der Waals surface area contributed by atoms with Gasteiger partial charge in [0, 0.05) is 10.7 Å². The summed E-state index contributed by atoms with van der Waals surface area (Å²) in [4.78, 5) is 20.3. The Bertz CT molecular complexity index is 935. The SMILES string of the molecule is C[C@@H](C(=O)Nc1cccc(Cl)c1)[NH+]1CC[NH+](Cc2nc3ccccc3s2)CC1. The lowest BCUT2D eigenvalue weighted by atomic mass is 10.2. The van der Waals surface area contributed by atoms with Crippen LogP contribution in [-0.4, -0.2) is 43.1 Å². The number of benzene rings is 2. The minimum Gasteiger partial charge on any atom is -0.321 e. The molecular weight excluding hydrogens is 392 g/mol. The van der Waals surface area contributed by atoms with Crippen molar-refractivity contribution < 1.29 is 14.6 Å². The molecule has 1 aliphatic rings. The van der Waals surface area contributed by atoms with Gasteiger partial charge < -0.3 is 15.1 Å². The molecule has 0 bridgehead atoms. The number of thiazole rings is 1. The van der Waals surface area contributed by atoms with Crippen molar-refractivity contribution in [3.8, 4) is 0 Å². The van der Waals surface area contributed by atoms with Gasteiger partial charge in [-0.15, -0.1) is 11.3 Å². The Hall–Kier alpha value is -1.99. The van der Waals surface area contributed by atoms with E-state index in [1.807, 2.05) is 25.1 Å². The zero-order valence-electron chi connectivity index (χ0n) is 15.9. The molecule has 0 radical (unpaired) electrons. The van der Waals surface area contributed by atoms with Crippen LogP contribution in [0.15, 0.2) is 48.5 Å². The molecule has 5 nitrogen and oxygen atoms in total. The number of piperazine rings is 1. The Labute approximate surface area is 173 Å². The van der Waals surface area contributed by atoms with Gasteiger partial charge in [-0.3, -0.25) is 4.79 Å². The molecule has 0 spiro atoms. The van der Waals surface area contributed by atoms with E-state index in [1.54, 1.807) is 28.4 Å². The lowest BCUT2D eigenvalue weighted by molar-refractivity contribution is -1.02. The number of aromatic nitrogens is 1. The standard InChI is InChI=1S/C21H23ClN4OS/c1-15(21(27)23-17-6-4-5-16(22)13-17)26-11-9-25(10-12-26)14-20-24-18-7-2-3-8-19(18)28-20/h2-8,13,15H,9-12,14H2,1H3,(H,23,27)/p+2/t15-/m0/s1. The van der Waals surface area contributed by atoms with E-state index in [0.717, 1.165) is 43.9 Å². The molecule has 7 heteroatoms. The number of carbonyl (C=O) groups is 1. The number of para-hydroxylation sites is 1. The maximum Gasteiger partial charge on any atom is 0.282 e. The summed E-state index contributed by atoms with van der Waals surface area (Å²) in [7, 11) is 0. The van der Waals surface area contributed by atoms with Crippen molar-refractivity contribution in [2.45, 2.75) is 19.5 Å². The minimum atomic E-state index is -0.0806. The molecule has 1 fully saturated rings. The highest BCUT2D eigenvalue weighted by molar-refractivity contribution is 7.18. The number of nitrogens with zero attached hydrogens (tertiary/aromatic N) is 1. The highest BCUT2D eigenvalue weighted by Crippen LogP contribution is 2.20. The van der Waals surface area contributed by atoms with Gasteiger partial charge >= 0.3 is 0 Å². The van der Waals surface area contributed by atoms with E-state index in [1.165, 1.54) is 14.6 Å². The predicted octanol–water partition coefficient (Wildman–Crippen LogP) is 1.26. The Balaban J connectivity index is 1.30. The van der Waals surface area contributed by atoms with Crippen LogP contribution in [0.25, 0.3) is 10.2 Å². The maximum absolute atomic E-state index is 12.6. The highest BCUT2D eigenvalue weighted by Gasteiger charge is 2.31. The lowest BCUT2D eigenvalue weighted by Crippen LogP contribution is -3.29. The van der Waals surface area contributed by atoms with Gasteiger partial charge in [0.25, 0.3) is 5.91 Å². The molecule has 2 heterocycles. The van der Waals surface area contributed by atoms with E-state index >= 15 is 0 Å². The highest BCUT2D eigenvalue weighted by atomic mass is 35.5. The fraction of sp³-hybridized carbons (Fsp3) is 0.333. The summed E-state index contributed by atoms with van der Waals surface area (Å²) in [6.07, 6.45) is 0. The molecule has 1 saturated heterocycles. The van der Waals surface area contributed by atoms with E-state index in [2.05, 4.69) is 23.5 Å². The zero-order chi connectivity index (χ0) is 19.5. The van der Waals surface area contributed by atoms with Crippen molar-refractivity contribution in [3.05, 3.63) is 58.6 Å². The van der Waals surface area contributed by atoms with Gasteiger partial charge in [0.1, 0.15) is 37.7 Å². The van der Waals surface area contributed by atoms with E-state index in [4.69, 9.17) is 16.6 Å². The summed E-state index contributed by atoms with van der Waals surface area (Å²) in [5.41, 5.74) is 1.85. The van der Waals surface area contributed by atoms with Gasteiger partial charge in [0.15, 0.2) is 6.04 Å². The van der Waals surface area contributed by atoms with Gasteiger partial charge in [-0.05, 0) is 37.3 Å². The fourth-order valence-electron chi connectivity index (χ4n) is 3.75. The molecule has 1 aromatic heterocycles. The van der Waals surface area contributed by atoms with Crippen LogP contribution in [0.1, 0.15) is 11.9 Å². The largest absolute Gasteiger partial charge is 0.321 e. The monoisotopic (exact) mass is 416 g/mol. The van der Waals surface area contributed by atoms with Crippen LogP contribution >= 0.6 is 22.9 Å². The number of amides is 1. The van der Waals surface area contributed by atoms with Crippen molar-refractivity contribution in [1.82, 2.24) is 4.98 Å². The number of rotatable bonds is 5. The maximum atomic E-state index is 12.6. The fourth-order valence-corrected chi connectivity index (χ4v) is 4.98. The molecular formula is C21H25ClN4OS+2. The van der Waals surface area contributed by atoms with Crippen LogP contribution in [0.4, 0.5) is 5.69 Å². The second-order valence-electron chi connectivity index (χ2n) is 7.38. The number of hydrogen-bond donors (Lipinski definition) is 3. The molecule has 1 atom stereocenters. The number of anilines is 1. The molecule has 0 unspecified atom stereocenters. The van der Waals surface area contributed by atoms with Crippen LogP contribution in [0.3, 0.4) is 0 Å². The van der Waals surface area contributed by atoms with Gasteiger partial charge in [-0.25, -0.2) is 4.98 Å². The minimum absolute atomic E-state index is 0.0480. The second kappa shape index (κ2) is 8.57. The summed E-state index contributed by atoms with van der Waals surface area (Å²) < 4.78 is 1.26. The Kier molecular flexibility index (Phi) is 5.92. The van der Waals surface area contributed by atoms with Crippen molar-refractivity contribution in [2.75, 3.05) is 31.5 Å². The molecule has 4 rings (SSSR count). The molecule has 3 aromatic rings. The first-order valence-corrected chi connectivity index (χ1v) is 10.9. The third kappa shape index (κ3) is 4.52. The van der Waals surface area contributed by atoms with Gasteiger partial charge in [0.2, 0.25) is 0 Å². The average molecular weight is 417 g/mol. The molecule has 2 aromatic carbocycles. The number of hydrogen-bond acceptors (Lipinski definition) is 3. The number of carbonyl (C=O) groups excluding carboxylic acids is 1. The normalized spacial score (nSPS) is 20.8. The third-order valence-electron chi connectivity index (χ3n) is 5.44. The molecule has 1 amide bonds. The summed E-state index contributed by atoms with van der Waals surface area (Å²) in [5, 5.41) is 4.82. The average Bonchev–Trinajstić information content (AvgIpc) is 3.10. The molecule has 0 saturated carbocycles. The molecule has 1 aliphatic heterocycles. The predicted molar refractivity (Wildman–Crippen MR) is 114 cm³/mol. The second-order valence-corrected chi connectivity index (χ2v) is 8.93. The first-order valence-electron chi connectivity index (χ1n) is 9.67. The van der Waals surface area contributed by atoms with Crippen molar-refractivity contribution >= 4 is 44.7 Å². The number of fused-ring (bicyclic) bond motifs is 1. The molecule has 146 valence electrons. The summed E-state index contributed by atoms with van der Waals surface area (Å²) in [6.45, 7) is 7.07. The Morgan fingerprint density at radius 3 is 2.71 bits per heavy atom. The Morgan fingerprint density at radius 1 is 1.18 bits per heavy atom. The van der Waals surface area contributed by atoms with Crippen LogP contribution in [0.2, 0.25) is 5.02 Å². The van der Waals surface area contributed by atoms with Crippen LogP contribution in [0.5, 0.6) is 0 Å². The smallest absolute Gasteiger partial charge is 0.282 e. The van der Waals surface area contributed by atoms with E-state index in [-0.39, 0.29) is 11.9 Å². The van der Waals surface area contributed by atoms with E-state index in [9.17, 15) is 4.79 Å². The summed E-state index contributed by atoms with van der Waals surface area (Å²) in [5.74, 6) is 0.0480. The van der Waals surface area contributed by atoms with Gasteiger partial charge in [-0.2, -0.15) is 0 Å². The lowest BCUT2D eigenvalue weighted by Gasteiger charge is -2.32.